The Kier molecular flexibility index (Phi) is 46.3. The topological polar surface area (TPSA) is 267 Å². The highest BCUT2D eigenvalue weighted by Crippen LogP contribution is 2.31. The zero-order chi connectivity index (χ0) is 43.6. The second kappa shape index (κ2) is 43.5. The summed E-state index contributed by atoms with van der Waals surface area (Å²) in [7, 11) is 6.95. The normalized spacial score (nSPS) is 13.5. The lowest BCUT2D eigenvalue weighted by atomic mass is 10.3. The first-order chi connectivity index (χ1) is 27.2. The van der Waals surface area contributed by atoms with Gasteiger partial charge in [-0.1, -0.05) is 44.5 Å². The molecule has 0 saturated heterocycles. The van der Waals surface area contributed by atoms with Gasteiger partial charge in [-0.05, 0) is 66.3 Å². The Balaban J connectivity index is -0.000000212. The first kappa shape index (κ1) is 60.7. The second-order valence-electron chi connectivity index (χ2n) is 10.3. The quantitative estimate of drug-likeness (QED) is 0.0139. The molecule has 0 aromatic carbocycles. The minimum Gasteiger partial charge on any atom is -0.766 e. The summed E-state index contributed by atoms with van der Waals surface area (Å²) >= 11 is 9.47. The van der Waals surface area contributed by atoms with Crippen LogP contribution < -0.4 is 47.1 Å². The summed E-state index contributed by atoms with van der Waals surface area (Å²) in [6.45, 7) is 0.689. The monoisotopic (exact) mass is 974 g/mol. The molecule has 25 heteroatoms. The van der Waals surface area contributed by atoms with E-state index in [4.69, 9.17) is 17.2 Å². The number of nitrogens with two attached hydrogens (primary N) is 3. The molecule has 16 nitrogen and oxygen atoms in total. The molecule has 0 saturated carbocycles. The fourth-order valence-electron chi connectivity index (χ4n) is 2.89. The number of rotatable bonds is 24. The van der Waals surface area contributed by atoms with Gasteiger partial charge >= 0.3 is 0 Å². The molecular weight excluding hydrogens is 907 g/mol. The molecule has 57 heavy (non-hydrogen) atoms. The Morgan fingerprint density at radius 3 is 1.68 bits per heavy atom. The van der Waals surface area contributed by atoms with E-state index in [-0.39, 0.29) is 2.85 Å². The van der Waals surface area contributed by atoms with Crippen LogP contribution in [0.5, 0.6) is 0 Å². The average molecular weight is 975 g/mol. The van der Waals surface area contributed by atoms with Crippen LogP contribution in [0.25, 0.3) is 0 Å². The van der Waals surface area contributed by atoms with Crippen molar-refractivity contribution >= 4 is 113 Å². The van der Waals surface area contributed by atoms with Crippen LogP contribution in [-0.2, 0) is 18.2 Å². The molecule has 0 aliphatic carbocycles. The smallest absolute Gasteiger partial charge is 0.240 e. The zero-order valence-corrected chi connectivity index (χ0v) is 41.3. The van der Waals surface area contributed by atoms with Gasteiger partial charge in [0.05, 0.1) is 25.0 Å². The lowest BCUT2D eigenvalue weighted by molar-refractivity contribution is -0.422. The van der Waals surface area contributed by atoms with Gasteiger partial charge in [-0.15, -0.1) is 11.8 Å². The number of nitrogens with one attached hydrogen (secondary N) is 4. The van der Waals surface area contributed by atoms with E-state index in [1.165, 1.54) is 0 Å². The highest BCUT2D eigenvalue weighted by Gasteiger charge is 2.04. The molecule has 0 amide bonds. The van der Waals surface area contributed by atoms with Crippen LogP contribution in [0, 0.1) is 0 Å². The molecule has 2 atom stereocenters. The van der Waals surface area contributed by atoms with E-state index in [1.807, 2.05) is 66.7 Å². The highest BCUT2D eigenvalue weighted by atomic mass is 33.1. The summed E-state index contributed by atoms with van der Waals surface area (Å²) < 4.78 is 29.7. The van der Waals surface area contributed by atoms with Crippen molar-refractivity contribution in [1.82, 2.24) is 20.1 Å². The fourth-order valence-corrected chi connectivity index (χ4v) is 8.86. The number of hydrogen-bond acceptors (Lipinski definition) is 16. The molecule has 0 spiro atoms. The molecule has 0 bridgehead atoms. The molecule has 10 N–H and O–H groups in total. The van der Waals surface area contributed by atoms with Gasteiger partial charge in [-0.3, -0.25) is 45.7 Å². The number of thioether (sulfide) groups is 1. The Morgan fingerprint density at radius 2 is 1.28 bits per heavy atom. The van der Waals surface area contributed by atoms with Crippen molar-refractivity contribution in [3.05, 3.63) is 48.8 Å². The van der Waals surface area contributed by atoms with E-state index in [9.17, 15) is 18.9 Å². The predicted octanol–water partition coefficient (Wildman–Crippen LogP) is 2.19. The third kappa shape index (κ3) is 46.3. The molecule has 0 radical (unpaired) electrons. The van der Waals surface area contributed by atoms with Crippen molar-refractivity contribution in [3.8, 4) is 0 Å². The summed E-state index contributed by atoms with van der Waals surface area (Å²) in [5.41, 5.74) is 16.6. The molecule has 0 aliphatic rings. The maximum absolute atomic E-state index is 10.9. The summed E-state index contributed by atoms with van der Waals surface area (Å²) in [5, 5.41) is 6.64. The molecule has 2 aromatic rings. The number of hydrogen-bond donors (Lipinski definition) is 9. The van der Waals surface area contributed by atoms with Gasteiger partial charge in [-0.2, -0.15) is 25.3 Å². The molecule has 2 unspecified atom stereocenters. The van der Waals surface area contributed by atoms with Crippen molar-refractivity contribution in [1.29, 1.82) is 0 Å². The molecule has 334 valence electrons. The number of thiol groups is 2. The van der Waals surface area contributed by atoms with Crippen molar-refractivity contribution in [2.45, 2.75) is 48.6 Å². The largest absolute Gasteiger partial charge is 0.766 e. The number of nitrogens with zero attached hydrogens (tertiary/aromatic N) is 3. The van der Waals surface area contributed by atoms with Crippen molar-refractivity contribution in [2.75, 3.05) is 83.5 Å². The standard InChI is InChI=1S/C10H15N3S2.C8H20N3O3PS2.C6H7NS.C5H12N2S.C3H10NO3PS.2H2/c1-12-9(11)5-4-8-14-15-10-6-2-3-7-13-10;1-10-8(9)4-3-6-16-17-7-5-11-15(12,13)14-2;1-8-6-4-2-3-5-7-6;1-7-5(6)3-2-4-8;1-7-8(5,6)4-2-3-9;;/h2-3,6-7H,4-5,8H2,1H3,(H2,11,12);3-7H2,1-2H3,(H2,9,10)(H2,11,12,13);2-5H,1H3;8H,2-4H2,1H3,(H2,6,7);9H,2-3H2,1H3,(H2,4,5,6);2*1H. The summed E-state index contributed by atoms with van der Waals surface area (Å²) in [6, 6.07) is 11.8. The van der Waals surface area contributed by atoms with E-state index >= 15 is 0 Å². The number of pyridine rings is 2. The van der Waals surface area contributed by atoms with E-state index in [0.29, 0.717) is 24.6 Å². The maximum atomic E-state index is 10.9. The van der Waals surface area contributed by atoms with Gasteiger partial charge in [0.15, 0.2) is 0 Å². The lowest BCUT2D eigenvalue weighted by Crippen LogP contribution is -2.70. The summed E-state index contributed by atoms with van der Waals surface area (Å²) in [6.07, 6.45) is 11.4. The SMILES string of the molecule is CN=C(N)CCCS.COP(=O)([O-])NCCS.CSc1ccccn1.C[NH+]=C(N)CCCSSCCNP(=O)([O-])OC.C[NH+]=C(N)CCCSSc1ccccn1.[HH].[HH]. The number of aromatic nitrogens is 2. The van der Waals surface area contributed by atoms with E-state index in [0.717, 1.165) is 97.6 Å². The van der Waals surface area contributed by atoms with Crippen LogP contribution in [-0.4, -0.2) is 111 Å². The number of amidine groups is 3. The third-order valence-electron chi connectivity index (χ3n) is 5.97. The molecule has 2 aromatic heterocycles. The Morgan fingerprint density at radius 1 is 0.789 bits per heavy atom. The highest BCUT2D eigenvalue weighted by molar-refractivity contribution is 8.77. The molecule has 2 heterocycles. The van der Waals surface area contributed by atoms with Gasteiger partial charge in [0.1, 0.15) is 5.03 Å². The van der Waals surface area contributed by atoms with Gasteiger partial charge < -0.3 is 24.6 Å². The average Bonchev–Trinajstić information content (AvgIpc) is 3.24. The number of aliphatic imine (C=N–C) groups is 1. The van der Waals surface area contributed by atoms with Crippen molar-refractivity contribution in [3.63, 3.8) is 0 Å². The van der Waals surface area contributed by atoms with E-state index in [2.05, 4.69) is 69.4 Å². The van der Waals surface area contributed by atoms with Crippen molar-refractivity contribution in [2.24, 2.45) is 22.2 Å². The van der Waals surface area contributed by atoms with Crippen LogP contribution in [0.15, 0.2) is 63.8 Å². The predicted molar refractivity (Wildman–Crippen MR) is 258 cm³/mol. The minimum absolute atomic E-state index is 0. The Hall–Kier alpha value is -0.620. The van der Waals surface area contributed by atoms with Gasteiger partial charge in [0, 0.05) is 91.9 Å². The van der Waals surface area contributed by atoms with Crippen LogP contribution in [0.2, 0.25) is 0 Å². The van der Waals surface area contributed by atoms with Gasteiger partial charge in [0.25, 0.3) is 0 Å². The summed E-state index contributed by atoms with van der Waals surface area (Å²) in [5.74, 6) is 6.52. The van der Waals surface area contributed by atoms with Gasteiger partial charge in [0.2, 0.25) is 27.2 Å². The molecule has 2 rings (SSSR count). The first-order valence-electron chi connectivity index (χ1n) is 17.4. The minimum atomic E-state index is -3.80. The Bertz CT molecular complexity index is 1410. The molecular formula is C32H68N10O6P2S7. The third-order valence-corrected chi connectivity index (χ3v) is 14.2. The molecule has 0 fully saturated rings. The van der Waals surface area contributed by atoms with Crippen LogP contribution in [0.4, 0.5) is 0 Å². The fraction of sp³-hybridized carbons (Fsp3) is 0.594. The molecule has 0 aliphatic heterocycles. The van der Waals surface area contributed by atoms with Crippen LogP contribution in [0.1, 0.15) is 41.4 Å². The van der Waals surface area contributed by atoms with E-state index < -0.39 is 15.5 Å². The summed E-state index contributed by atoms with van der Waals surface area (Å²) in [4.78, 5) is 39.2. The van der Waals surface area contributed by atoms with Crippen LogP contribution in [0.3, 0.4) is 0 Å². The van der Waals surface area contributed by atoms with Crippen LogP contribution >= 0.6 is 95.7 Å². The second-order valence-corrected chi connectivity index (χ2v) is 20.5. The van der Waals surface area contributed by atoms with Gasteiger partial charge in [-0.25, -0.2) is 9.97 Å². The van der Waals surface area contributed by atoms with Crippen molar-refractivity contribution < 1.29 is 40.8 Å². The first-order valence-corrected chi connectivity index (χ1v) is 27.7. The Labute approximate surface area is 374 Å². The lowest BCUT2D eigenvalue weighted by Gasteiger charge is -2.21. The van der Waals surface area contributed by atoms with E-state index in [1.54, 1.807) is 64.4 Å². The zero-order valence-electron chi connectivity index (χ0n) is 33.7. The maximum Gasteiger partial charge on any atom is 0.240 e.